The largest absolute Gasteiger partial charge is 0.287 e. The zero-order valence-electron chi connectivity index (χ0n) is 12.3. The Kier molecular flexibility index (Phi) is 3.98. The molecule has 1 aromatic carbocycles. The maximum absolute atomic E-state index is 12.7. The third-order valence-corrected chi connectivity index (χ3v) is 5.99. The molecule has 1 fully saturated rings. The van der Waals surface area contributed by atoms with E-state index >= 15 is 0 Å². The Balaban J connectivity index is 1.78. The van der Waals surface area contributed by atoms with Crippen molar-refractivity contribution in [2.24, 2.45) is 0 Å². The predicted octanol–water partition coefficient (Wildman–Crippen LogP) is 4.06. The molecule has 4 rings (SSSR count). The monoisotopic (exact) mass is 408 g/mol. The van der Waals surface area contributed by atoms with Crippen LogP contribution in [-0.2, 0) is 6.54 Å². The first-order chi connectivity index (χ1) is 11.2. The van der Waals surface area contributed by atoms with Crippen molar-refractivity contribution >= 4 is 50.1 Å². The van der Waals surface area contributed by atoms with Crippen LogP contribution < -0.4 is 5.56 Å². The average Bonchev–Trinajstić information content (AvgIpc) is 3.29. The molecule has 0 amide bonds. The second kappa shape index (κ2) is 5.99. The molecule has 2 aromatic heterocycles. The zero-order valence-corrected chi connectivity index (χ0v) is 15.5. The molecule has 0 N–H and O–H groups in total. The summed E-state index contributed by atoms with van der Waals surface area (Å²) in [4.78, 5) is 21.9. The summed E-state index contributed by atoms with van der Waals surface area (Å²) in [5, 5.41) is 1.30. The van der Waals surface area contributed by atoms with Crippen LogP contribution in [0.5, 0.6) is 0 Å². The smallest absolute Gasteiger partial charge is 0.262 e. The minimum Gasteiger partial charge on any atom is -0.287 e. The highest BCUT2D eigenvalue weighted by Crippen LogP contribution is 2.40. The standard InChI is InChI=1S/C15H13BrN4OS2/c1-2-20-13(21)10-7-9(16)5-6-11(10)17-14(20)22-15-18-12(19-23-15)8-3-4-8/h5-8H,2-4H2,1H3. The van der Waals surface area contributed by atoms with Gasteiger partial charge in [-0.15, -0.1) is 0 Å². The summed E-state index contributed by atoms with van der Waals surface area (Å²) in [7, 11) is 0. The third-order valence-electron chi connectivity index (χ3n) is 3.74. The van der Waals surface area contributed by atoms with Crippen molar-refractivity contribution in [2.75, 3.05) is 0 Å². The van der Waals surface area contributed by atoms with Crippen molar-refractivity contribution in [3.8, 4) is 0 Å². The highest BCUT2D eigenvalue weighted by atomic mass is 79.9. The van der Waals surface area contributed by atoms with Gasteiger partial charge < -0.3 is 0 Å². The lowest BCUT2D eigenvalue weighted by molar-refractivity contribution is 0.634. The Morgan fingerprint density at radius 1 is 1.39 bits per heavy atom. The molecule has 1 aliphatic carbocycles. The van der Waals surface area contributed by atoms with Crippen molar-refractivity contribution in [3.05, 3.63) is 38.9 Å². The topological polar surface area (TPSA) is 60.7 Å². The van der Waals surface area contributed by atoms with E-state index in [1.807, 2.05) is 25.1 Å². The van der Waals surface area contributed by atoms with Gasteiger partial charge in [0.05, 0.1) is 10.9 Å². The molecule has 1 saturated carbocycles. The highest BCUT2D eigenvalue weighted by molar-refractivity contribution is 9.10. The van der Waals surface area contributed by atoms with Gasteiger partial charge in [-0.05, 0) is 61.3 Å². The van der Waals surface area contributed by atoms with Crippen LogP contribution >= 0.6 is 39.2 Å². The molecule has 3 aromatic rings. The van der Waals surface area contributed by atoms with E-state index in [9.17, 15) is 4.79 Å². The van der Waals surface area contributed by atoms with Crippen LogP contribution in [0.15, 0.2) is 37.0 Å². The number of benzene rings is 1. The Morgan fingerprint density at radius 3 is 2.96 bits per heavy atom. The summed E-state index contributed by atoms with van der Waals surface area (Å²) >= 11 is 6.22. The fourth-order valence-electron chi connectivity index (χ4n) is 2.38. The average molecular weight is 409 g/mol. The molecular formula is C15H13BrN4OS2. The molecule has 0 bridgehead atoms. The second-order valence-corrected chi connectivity index (χ2v) is 8.28. The summed E-state index contributed by atoms with van der Waals surface area (Å²) in [6, 6.07) is 5.58. The number of rotatable bonds is 4. The van der Waals surface area contributed by atoms with Crippen LogP contribution in [0.3, 0.4) is 0 Å². The molecule has 2 heterocycles. The fraction of sp³-hybridized carbons (Fsp3) is 0.333. The van der Waals surface area contributed by atoms with E-state index in [0.717, 1.165) is 14.6 Å². The Labute approximate surface area is 149 Å². The molecule has 118 valence electrons. The number of hydrogen-bond acceptors (Lipinski definition) is 6. The van der Waals surface area contributed by atoms with Gasteiger partial charge in [-0.2, -0.15) is 4.37 Å². The third kappa shape index (κ3) is 2.95. The minimum atomic E-state index is -0.0202. The number of hydrogen-bond donors (Lipinski definition) is 0. The van der Waals surface area contributed by atoms with Gasteiger partial charge in [0.2, 0.25) is 0 Å². The lowest BCUT2D eigenvalue weighted by Gasteiger charge is -2.09. The van der Waals surface area contributed by atoms with Crippen LogP contribution in [-0.4, -0.2) is 18.9 Å². The molecule has 23 heavy (non-hydrogen) atoms. The van der Waals surface area contributed by atoms with E-state index in [-0.39, 0.29) is 5.56 Å². The normalized spacial score (nSPS) is 14.5. The zero-order chi connectivity index (χ0) is 16.0. The highest BCUT2D eigenvalue weighted by Gasteiger charge is 2.28. The second-order valence-electron chi connectivity index (χ2n) is 5.40. The van der Waals surface area contributed by atoms with E-state index in [1.165, 1.54) is 36.1 Å². The summed E-state index contributed by atoms with van der Waals surface area (Å²) in [6.07, 6.45) is 2.37. The Hall–Kier alpha value is -1.25. The summed E-state index contributed by atoms with van der Waals surface area (Å²) in [5.74, 6) is 1.48. The van der Waals surface area contributed by atoms with Gasteiger partial charge in [-0.3, -0.25) is 9.36 Å². The molecule has 1 aliphatic rings. The fourth-order valence-corrected chi connectivity index (χ4v) is 4.48. The van der Waals surface area contributed by atoms with E-state index in [2.05, 4.69) is 30.3 Å². The van der Waals surface area contributed by atoms with Gasteiger partial charge in [0.15, 0.2) is 9.50 Å². The van der Waals surface area contributed by atoms with E-state index < -0.39 is 0 Å². The van der Waals surface area contributed by atoms with Crippen LogP contribution in [0.1, 0.15) is 31.5 Å². The lowest BCUT2D eigenvalue weighted by Crippen LogP contribution is -2.22. The maximum Gasteiger partial charge on any atom is 0.262 e. The first-order valence-electron chi connectivity index (χ1n) is 7.37. The number of halogens is 1. The predicted molar refractivity (Wildman–Crippen MR) is 95.4 cm³/mol. The molecular weight excluding hydrogens is 396 g/mol. The van der Waals surface area contributed by atoms with Crippen LogP contribution in [0, 0.1) is 0 Å². The maximum atomic E-state index is 12.7. The number of fused-ring (bicyclic) bond motifs is 1. The first kappa shape index (κ1) is 15.3. The van der Waals surface area contributed by atoms with Crippen molar-refractivity contribution in [2.45, 2.75) is 41.7 Å². The van der Waals surface area contributed by atoms with Crippen LogP contribution in [0.4, 0.5) is 0 Å². The molecule has 0 radical (unpaired) electrons. The summed E-state index contributed by atoms with van der Waals surface area (Å²) < 4.78 is 7.83. The number of nitrogens with zero attached hydrogens (tertiary/aromatic N) is 4. The Morgan fingerprint density at radius 2 is 2.22 bits per heavy atom. The lowest BCUT2D eigenvalue weighted by atomic mass is 10.2. The van der Waals surface area contributed by atoms with Crippen molar-refractivity contribution in [3.63, 3.8) is 0 Å². The first-order valence-corrected chi connectivity index (χ1v) is 9.75. The van der Waals surface area contributed by atoms with E-state index in [0.29, 0.717) is 28.5 Å². The van der Waals surface area contributed by atoms with Gasteiger partial charge >= 0.3 is 0 Å². The van der Waals surface area contributed by atoms with Crippen molar-refractivity contribution in [1.29, 1.82) is 0 Å². The van der Waals surface area contributed by atoms with Crippen molar-refractivity contribution < 1.29 is 0 Å². The minimum absolute atomic E-state index is 0.0202. The van der Waals surface area contributed by atoms with Gasteiger partial charge in [0, 0.05) is 16.9 Å². The molecule has 0 aliphatic heterocycles. The van der Waals surface area contributed by atoms with Gasteiger partial charge in [0.1, 0.15) is 5.82 Å². The Bertz CT molecular complexity index is 948. The quantitative estimate of drug-likeness (QED) is 0.609. The number of aromatic nitrogens is 4. The van der Waals surface area contributed by atoms with Crippen LogP contribution in [0.25, 0.3) is 10.9 Å². The molecule has 0 unspecified atom stereocenters. The molecule has 0 saturated heterocycles. The van der Waals surface area contributed by atoms with Gasteiger partial charge in [0.25, 0.3) is 5.56 Å². The van der Waals surface area contributed by atoms with Crippen molar-refractivity contribution in [1.82, 2.24) is 18.9 Å². The van der Waals surface area contributed by atoms with E-state index in [1.54, 1.807) is 4.57 Å². The molecule has 8 heteroatoms. The van der Waals surface area contributed by atoms with Gasteiger partial charge in [-0.1, -0.05) is 15.9 Å². The van der Waals surface area contributed by atoms with Gasteiger partial charge in [-0.25, -0.2) is 9.97 Å². The summed E-state index contributed by atoms with van der Waals surface area (Å²) in [6.45, 7) is 2.53. The SMILES string of the molecule is CCn1c(Sc2nc(C3CC3)ns2)nc2ccc(Br)cc2c1=O. The van der Waals surface area contributed by atoms with E-state index in [4.69, 9.17) is 0 Å². The molecule has 0 atom stereocenters. The summed E-state index contributed by atoms with van der Waals surface area (Å²) in [5.41, 5.74) is 0.686. The molecule has 0 spiro atoms. The molecule has 5 nitrogen and oxygen atoms in total. The van der Waals surface area contributed by atoms with Crippen LogP contribution in [0.2, 0.25) is 0 Å².